The summed E-state index contributed by atoms with van der Waals surface area (Å²) in [5, 5.41) is 4.79. The van der Waals surface area contributed by atoms with Gasteiger partial charge in [-0.25, -0.2) is 0 Å². The number of nitrogens with one attached hydrogen (secondary N) is 1. The van der Waals surface area contributed by atoms with Crippen LogP contribution >= 0.6 is 23.2 Å². The number of halogens is 2. The van der Waals surface area contributed by atoms with E-state index >= 15 is 0 Å². The van der Waals surface area contributed by atoms with E-state index in [0.717, 1.165) is 43.6 Å². The third-order valence-corrected chi connectivity index (χ3v) is 6.13. The number of likely N-dealkylation sites (tertiary alicyclic amines) is 1. The van der Waals surface area contributed by atoms with Crippen molar-refractivity contribution >= 4 is 40.1 Å². The predicted octanol–water partition coefficient (Wildman–Crippen LogP) is 5.02. The summed E-state index contributed by atoms with van der Waals surface area (Å²) in [7, 11) is 1.58. The zero-order chi connectivity index (χ0) is 21.8. The lowest BCUT2D eigenvalue weighted by Gasteiger charge is -2.32. The second kappa shape index (κ2) is 9.81. The Morgan fingerprint density at radius 1 is 1.16 bits per heavy atom. The van der Waals surface area contributed by atoms with Crippen molar-refractivity contribution in [1.29, 1.82) is 0 Å². The zero-order valence-electron chi connectivity index (χ0n) is 17.2. The largest absolute Gasteiger partial charge is 0.493 e. The normalized spacial score (nSPS) is 15.2. The first kappa shape index (κ1) is 21.8. The summed E-state index contributed by atoms with van der Waals surface area (Å²) in [4.78, 5) is 14.8. The first-order valence-corrected chi connectivity index (χ1v) is 11.0. The third kappa shape index (κ3) is 5.26. The molecule has 31 heavy (non-hydrogen) atoms. The van der Waals surface area contributed by atoms with Crippen LogP contribution < -0.4 is 14.8 Å². The Hall–Kier alpha value is -2.41. The van der Waals surface area contributed by atoms with Crippen molar-refractivity contribution < 1.29 is 18.7 Å². The van der Waals surface area contributed by atoms with E-state index < -0.39 is 0 Å². The van der Waals surface area contributed by atoms with Crippen LogP contribution in [0.3, 0.4) is 0 Å². The molecule has 1 saturated heterocycles. The SMILES string of the molecule is COc1cccc2cc(C(=O)NCCN3CCC(Oc4ccc(Cl)c(Cl)c4)CC3)oc12. The number of carbonyl (C=O) groups excluding carboxylic acids is 1. The molecule has 1 fully saturated rings. The zero-order valence-corrected chi connectivity index (χ0v) is 18.7. The average Bonchev–Trinajstić information content (AvgIpc) is 3.22. The van der Waals surface area contributed by atoms with Gasteiger partial charge in [0.05, 0.1) is 17.2 Å². The number of hydrogen-bond donors (Lipinski definition) is 1. The van der Waals surface area contributed by atoms with Crippen molar-refractivity contribution in [2.24, 2.45) is 0 Å². The second-order valence-corrected chi connectivity index (χ2v) is 8.29. The number of rotatable bonds is 7. The Labute approximate surface area is 191 Å². The van der Waals surface area contributed by atoms with Gasteiger partial charge in [0.2, 0.25) is 0 Å². The highest BCUT2D eigenvalue weighted by Crippen LogP contribution is 2.29. The maximum atomic E-state index is 12.5. The molecular weight excluding hydrogens is 439 g/mol. The third-order valence-electron chi connectivity index (χ3n) is 5.39. The molecule has 6 nitrogen and oxygen atoms in total. The molecule has 1 aliphatic rings. The van der Waals surface area contributed by atoms with Gasteiger partial charge >= 0.3 is 0 Å². The molecule has 1 N–H and O–H groups in total. The number of methoxy groups -OCH3 is 1. The molecule has 0 unspecified atom stereocenters. The fraction of sp³-hybridized carbons (Fsp3) is 0.348. The van der Waals surface area contributed by atoms with Gasteiger partial charge in [-0.15, -0.1) is 0 Å². The summed E-state index contributed by atoms with van der Waals surface area (Å²) in [6, 6.07) is 12.6. The number of para-hydroxylation sites is 1. The number of piperidine rings is 1. The van der Waals surface area contributed by atoms with Crippen LogP contribution in [-0.2, 0) is 0 Å². The number of fused-ring (bicyclic) bond motifs is 1. The Morgan fingerprint density at radius 2 is 1.97 bits per heavy atom. The van der Waals surface area contributed by atoms with Crippen molar-refractivity contribution in [3.8, 4) is 11.5 Å². The molecule has 0 aliphatic carbocycles. The van der Waals surface area contributed by atoms with E-state index in [4.69, 9.17) is 37.1 Å². The molecule has 0 radical (unpaired) electrons. The van der Waals surface area contributed by atoms with E-state index in [0.29, 0.717) is 27.9 Å². The molecule has 1 amide bonds. The number of carbonyl (C=O) groups is 1. The summed E-state index contributed by atoms with van der Waals surface area (Å²) < 4.78 is 17.0. The lowest BCUT2D eigenvalue weighted by atomic mass is 10.1. The van der Waals surface area contributed by atoms with Gasteiger partial charge in [-0.3, -0.25) is 4.79 Å². The average molecular weight is 463 g/mol. The van der Waals surface area contributed by atoms with Crippen molar-refractivity contribution in [3.63, 3.8) is 0 Å². The minimum Gasteiger partial charge on any atom is -0.493 e. The minimum atomic E-state index is -0.226. The molecule has 164 valence electrons. The monoisotopic (exact) mass is 462 g/mol. The standard InChI is InChI=1S/C23H24Cl2N2O4/c1-29-20-4-2-3-15-13-21(31-22(15)20)23(28)26-9-12-27-10-7-16(8-11-27)30-17-5-6-18(24)19(25)14-17/h2-6,13-14,16H,7-12H2,1H3,(H,26,28). The Kier molecular flexibility index (Phi) is 6.90. The van der Waals surface area contributed by atoms with Crippen LogP contribution in [0.4, 0.5) is 0 Å². The van der Waals surface area contributed by atoms with E-state index in [1.807, 2.05) is 24.3 Å². The molecule has 0 bridgehead atoms. The van der Waals surface area contributed by atoms with Gasteiger partial charge in [0.15, 0.2) is 17.1 Å². The number of benzene rings is 2. The highest BCUT2D eigenvalue weighted by atomic mass is 35.5. The van der Waals surface area contributed by atoms with Crippen LogP contribution in [0.2, 0.25) is 10.0 Å². The molecule has 0 spiro atoms. The summed E-state index contributed by atoms with van der Waals surface area (Å²) in [6.45, 7) is 3.13. The van der Waals surface area contributed by atoms with Crippen LogP contribution in [0.5, 0.6) is 11.5 Å². The molecule has 0 atom stereocenters. The lowest BCUT2D eigenvalue weighted by molar-refractivity contribution is 0.0886. The maximum absolute atomic E-state index is 12.5. The molecule has 1 aromatic heterocycles. The van der Waals surface area contributed by atoms with Crippen molar-refractivity contribution in [1.82, 2.24) is 10.2 Å². The van der Waals surface area contributed by atoms with Gasteiger partial charge in [0, 0.05) is 37.6 Å². The van der Waals surface area contributed by atoms with Gasteiger partial charge in [-0.05, 0) is 37.1 Å². The van der Waals surface area contributed by atoms with Crippen molar-refractivity contribution in [3.05, 3.63) is 58.3 Å². The quantitative estimate of drug-likeness (QED) is 0.533. The molecule has 2 heterocycles. The summed E-state index contributed by atoms with van der Waals surface area (Å²) in [5.41, 5.74) is 0.583. The van der Waals surface area contributed by atoms with Crippen LogP contribution in [0.15, 0.2) is 46.9 Å². The molecule has 2 aromatic carbocycles. The number of ether oxygens (including phenoxy) is 2. The topological polar surface area (TPSA) is 63.9 Å². The van der Waals surface area contributed by atoms with Crippen molar-refractivity contribution in [2.45, 2.75) is 18.9 Å². The first-order valence-electron chi connectivity index (χ1n) is 10.2. The van der Waals surface area contributed by atoms with E-state index in [1.54, 1.807) is 25.3 Å². The van der Waals surface area contributed by atoms with Gasteiger partial charge in [-0.1, -0.05) is 35.3 Å². The first-order chi connectivity index (χ1) is 15.0. The Bertz CT molecular complexity index is 1060. The number of nitrogens with zero attached hydrogens (tertiary/aromatic N) is 1. The highest BCUT2D eigenvalue weighted by molar-refractivity contribution is 6.42. The van der Waals surface area contributed by atoms with Crippen molar-refractivity contribution in [2.75, 3.05) is 33.3 Å². The highest BCUT2D eigenvalue weighted by Gasteiger charge is 2.21. The summed E-state index contributed by atoms with van der Waals surface area (Å²) >= 11 is 12.0. The summed E-state index contributed by atoms with van der Waals surface area (Å²) in [5.74, 6) is 1.41. The lowest BCUT2D eigenvalue weighted by Crippen LogP contribution is -2.42. The second-order valence-electron chi connectivity index (χ2n) is 7.48. The smallest absolute Gasteiger partial charge is 0.287 e. The van der Waals surface area contributed by atoms with E-state index in [2.05, 4.69) is 10.2 Å². The number of hydrogen-bond acceptors (Lipinski definition) is 5. The van der Waals surface area contributed by atoms with Crippen LogP contribution in [0, 0.1) is 0 Å². The van der Waals surface area contributed by atoms with Crippen LogP contribution in [0.25, 0.3) is 11.0 Å². The molecule has 4 rings (SSSR count). The van der Waals surface area contributed by atoms with E-state index in [9.17, 15) is 4.79 Å². The Morgan fingerprint density at radius 3 is 2.71 bits per heavy atom. The Balaban J connectivity index is 1.22. The maximum Gasteiger partial charge on any atom is 0.287 e. The molecule has 3 aromatic rings. The summed E-state index contributed by atoms with van der Waals surface area (Å²) in [6.07, 6.45) is 1.98. The van der Waals surface area contributed by atoms with Crippen LogP contribution in [-0.4, -0.2) is 50.2 Å². The van der Waals surface area contributed by atoms with Gasteiger partial charge < -0.3 is 24.1 Å². The molecule has 8 heteroatoms. The van der Waals surface area contributed by atoms with Gasteiger partial charge in [0.1, 0.15) is 11.9 Å². The minimum absolute atomic E-state index is 0.147. The van der Waals surface area contributed by atoms with Gasteiger partial charge in [-0.2, -0.15) is 0 Å². The number of furan rings is 1. The van der Waals surface area contributed by atoms with Gasteiger partial charge in [0.25, 0.3) is 5.91 Å². The van der Waals surface area contributed by atoms with E-state index in [1.165, 1.54) is 0 Å². The van der Waals surface area contributed by atoms with E-state index in [-0.39, 0.29) is 17.8 Å². The molecule has 0 saturated carbocycles. The van der Waals surface area contributed by atoms with Crippen LogP contribution in [0.1, 0.15) is 23.4 Å². The fourth-order valence-electron chi connectivity index (χ4n) is 3.72. The predicted molar refractivity (Wildman–Crippen MR) is 122 cm³/mol. The number of amides is 1. The fourth-order valence-corrected chi connectivity index (χ4v) is 4.01. The molecule has 1 aliphatic heterocycles. The molecular formula is C23H24Cl2N2O4.